The Balaban J connectivity index is 2.90. The fourth-order valence-electron chi connectivity index (χ4n) is 2.45. The summed E-state index contributed by atoms with van der Waals surface area (Å²) in [5.74, 6) is 2.31. The third-order valence-corrected chi connectivity index (χ3v) is 3.52. The minimum absolute atomic E-state index is 0.571. The average molecular weight is 250 g/mol. The van der Waals surface area contributed by atoms with Crippen LogP contribution >= 0.6 is 0 Å². The second-order valence-electron chi connectivity index (χ2n) is 4.68. The van der Waals surface area contributed by atoms with Crippen LogP contribution in [0.15, 0.2) is 18.2 Å². The Kier molecular flexibility index (Phi) is 6.63. The monoisotopic (exact) mass is 250 g/mol. The smallest absolute Gasteiger partial charge is 0.164 e. The summed E-state index contributed by atoms with van der Waals surface area (Å²) in [4.78, 5) is 0. The second kappa shape index (κ2) is 8.02. The van der Waals surface area contributed by atoms with Crippen LogP contribution in [0, 0.1) is 0 Å². The Hall–Kier alpha value is -1.18. The predicted molar refractivity (Wildman–Crippen MR) is 76.7 cm³/mol. The molecule has 0 aliphatic heterocycles. The summed E-state index contributed by atoms with van der Waals surface area (Å²) >= 11 is 0. The van der Waals surface area contributed by atoms with Crippen molar-refractivity contribution in [1.82, 2.24) is 0 Å². The van der Waals surface area contributed by atoms with Gasteiger partial charge in [-0.1, -0.05) is 45.2 Å². The minimum atomic E-state index is 0.571. The molecule has 18 heavy (non-hydrogen) atoms. The van der Waals surface area contributed by atoms with Crippen molar-refractivity contribution in [3.05, 3.63) is 23.8 Å². The molecule has 102 valence electrons. The lowest BCUT2D eigenvalue weighted by molar-refractivity contribution is 0.347. The van der Waals surface area contributed by atoms with Gasteiger partial charge in [0.2, 0.25) is 0 Å². The maximum atomic E-state index is 5.53. The highest BCUT2D eigenvalue weighted by Gasteiger charge is 2.17. The predicted octanol–water partition coefficient (Wildman–Crippen LogP) is 4.78. The van der Waals surface area contributed by atoms with Gasteiger partial charge in [-0.15, -0.1) is 0 Å². The Labute approximate surface area is 111 Å². The number of methoxy groups -OCH3 is 2. The van der Waals surface area contributed by atoms with E-state index < -0.39 is 0 Å². The van der Waals surface area contributed by atoms with Crippen LogP contribution in [0.3, 0.4) is 0 Å². The molecule has 0 heterocycles. The van der Waals surface area contributed by atoms with Gasteiger partial charge in [0.1, 0.15) is 0 Å². The summed E-state index contributed by atoms with van der Waals surface area (Å²) in [5.41, 5.74) is 1.29. The maximum Gasteiger partial charge on any atom is 0.164 e. The Morgan fingerprint density at radius 1 is 1.06 bits per heavy atom. The zero-order valence-electron chi connectivity index (χ0n) is 12.2. The zero-order valence-corrected chi connectivity index (χ0v) is 12.2. The molecule has 0 radical (unpaired) electrons. The van der Waals surface area contributed by atoms with Crippen molar-refractivity contribution in [1.29, 1.82) is 0 Å². The van der Waals surface area contributed by atoms with Gasteiger partial charge in [-0.3, -0.25) is 0 Å². The first kappa shape index (κ1) is 14.9. The van der Waals surface area contributed by atoms with E-state index in [-0.39, 0.29) is 0 Å². The van der Waals surface area contributed by atoms with Gasteiger partial charge in [-0.2, -0.15) is 0 Å². The molecule has 0 aromatic heterocycles. The van der Waals surface area contributed by atoms with Crippen LogP contribution < -0.4 is 9.47 Å². The van der Waals surface area contributed by atoms with Crippen LogP contribution in [0.5, 0.6) is 11.5 Å². The van der Waals surface area contributed by atoms with Gasteiger partial charge < -0.3 is 9.47 Å². The van der Waals surface area contributed by atoms with Crippen molar-refractivity contribution in [3.63, 3.8) is 0 Å². The number of hydrogen-bond donors (Lipinski definition) is 0. The van der Waals surface area contributed by atoms with Gasteiger partial charge in [-0.25, -0.2) is 0 Å². The van der Waals surface area contributed by atoms with Crippen molar-refractivity contribution < 1.29 is 9.47 Å². The third-order valence-electron chi connectivity index (χ3n) is 3.52. The molecule has 2 heteroatoms. The van der Waals surface area contributed by atoms with Crippen LogP contribution in [0.2, 0.25) is 0 Å². The average Bonchev–Trinajstić information content (AvgIpc) is 2.42. The number of para-hydroxylation sites is 1. The summed E-state index contributed by atoms with van der Waals surface area (Å²) in [6.45, 7) is 4.49. The molecule has 0 saturated heterocycles. The van der Waals surface area contributed by atoms with Crippen LogP contribution in [-0.2, 0) is 0 Å². The molecule has 1 aromatic rings. The molecule has 0 aliphatic carbocycles. The fraction of sp³-hybridized carbons (Fsp3) is 0.625. The molecular weight excluding hydrogens is 224 g/mol. The molecule has 0 spiro atoms. The normalized spacial score (nSPS) is 12.2. The van der Waals surface area contributed by atoms with E-state index >= 15 is 0 Å². The van der Waals surface area contributed by atoms with Crippen LogP contribution in [0.25, 0.3) is 0 Å². The third kappa shape index (κ3) is 3.66. The highest BCUT2D eigenvalue weighted by Crippen LogP contribution is 2.38. The number of unbranched alkanes of at least 4 members (excludes halogenated alkanes) is 2. The summed E-state index contributed by atoms with van der Waals surface area (Å²) in [6.07, 6.45) is 6.24. The zero-order chi connectivity index (χ0) is 13.4. The summed E-state index contributed by atoms with van der Waals surface area (Å²) in [5, 5.41) is 0. The summed E-state index contributed by atoms with van der Waals surface area (Å²) in [7, 11) is 3.42. The van der Waals surface area contributed by atoms with Gasteiger partial charge in [0.05, 0.1) is 14.2 Å². The van der Waals surface area contributed by atoms with E-state index in [0.717, 1.165) is 17.9 Å². The molecule has 0 fully saturated rings. The summed E-state index contributed by atoms with van der Waals surface area (Å²) in [6, 6.07) is 6.18. The van der Waals surface area contributed by atoms with Gasteiger partial charge in [0, 0.05) is 5.56 Å². The van der Waals surface area contributed by atoms with E-state index in [4.69, 9.17) is 9.47 Å². The van der Waals surface area contributed by atoms with E-state index in [1.807, 2.05) is 6.07 Å². The molecule has 2 nitrogen and oxygen atoms in total. The highest BCUT2D eigenvalue weighted by molar-refractivity contribution is 5.48. The number of hydrogen-bond acceptors (Lipinski definition) is 2. The molecule has 0 saturated carbocycles. The first-order valence-corrected chi connectivity index (χ1v) is 6.99. The van der Waals surface area contributed by atoms with E-state index in [9.17, 15) is 0 Å². The number of ether oxygens (including phenoxy) is 2. The number of benzene rings is 1. The van der Waals surface area contributed by atoms with Crippen LogP contribution in [-0.4, -0.2) is 14.2 Å². The molecule has 0 bridgehead atoms. The Bertz CT molecular complexity index is 347. The van der Waals surface area contributed by atoms with E-state index in [2.05, 4.69) is 26.0 Å². The first-order valence-electron chi connectivity index (χ1n) is 6.99. The van der Waals surface area contributed by atoms with Crippen molar-refractivity contribution in [2.45, 2.75) is 51.9 Å². The SMILES string of the molecule is CCCCCC(CC)c1cccc(OC)c1OC. The lowest BCUT2D eigenvalue weighted by atomic mass is 9.90. The van der Waals surface area contributed by atoms with Crippen LogP contribution in [0.4, 0.5) is 0 Å². The lowest BCUT2D eigenvalue weighted by Crippen LogP contribution is -2.02. The minimum Gasteiger partial charge on any atom is -0.493 e. The molecular formula is C16H26O2. The van der Waals surface area contributed by atoms with Crippen LogP contribution in [0.1, 0.15) is 57.4 Å². The van der Waals surface area contributed by atoms with E-state index in [1.54, 1.807) is 14.2 Å². The Morgan fingerprint density at radius 2 is 1.83 bits per heavy atom. The van der Waals surface area contributed by atoms with E-state index in [1.165, 1.54) is 31.2 Å². The van der Waals surface area contributed by atoms with Gasteiger partial charge >= 0.3 is 0 Å². The summed E-state index contributed by atoms with van der Waals surface area (Å²) < 4.78 is 10.9. The second-order valence-corrected chi connectivity index (χ2v) is 4.68. The fourth-order valence-corrected chi connectivity index (χ4v) is 2.45. The van der Waals surface area contributed by atoms with Crippen molar-refractivity contribution in [2.75, 3.05) is 14.2 Å². The molecule has 1 rings (SSSR count). The molecule has 1 aromatic carbocycles. The van der Waals surface area contributed by atoms with Crippen molar-refractivity contribution in [2.24, 2.45) is 0 Å². The van der Waals surface area contributed by atoms with Crippen molar-refractivity contribution in [3.8, 4) is 11.5 Å². The number of rotatable bonds is 8. The standard InChI is InChI=1S/C16H26O2/c1-5-7-8-10-13(6-2)14-11-9-12-15(17-3)16(14)18-4/h9,11-13H,5-8,10H2,1-4H3. The molecule has 0 amide bonds. The molecule has 1 unspecified atom stereocenters. The molecule has 0 aliphatic rings. The quantitative estimate of drug-likeness (QED) is 0.618. The maximum absolute atomic E-state index is 5.53. The Morgan fingerprint density at radius 3 is 2.39 bits per heavy atom. The lowest BCUT2D eigenvalue weighted by Gasteiger charge is -2.20. The topological polar surface area (TPSA) is 18.5 Å². The largest absolute Gasteiger partial charge is 0.493 e. The van der Waals surface area contributed by atoms with Gasteiger partial charge in [-0.05, 0) is 24.8 Å². The van der Waals surface area contributed by atoms with E-state index in [0.29, 0.717) is 5.92 Å². The van der Waals surface area contributed by atoms with Gasteiger partial charge in [0.15, 0.2) is 11.5 Å². The highest BCUT2D eigenvalue weighted by atomic mass is 16.5. The molecule has 1 atom stereocenters. The van der Waals surface area contributed by atoms with Crippen molar-refractivity contribution >= 4 is 0 Å². The first-order chi connectivity index (χ1) is 8.78. The van der Waals surface area contributed by atoms with Gasteiger partial charge in [0.25, 0.3) is 0 Å². The molecule has 0 N–H and O–H groups in total.